The van der Waals surface area contributed by atoms with Crippen molar-refractivity contribution in [2.24, 2.45) is 7.05 Å². The summed E-state index contributed by atoms with van der Waals surface area (Å²) in [6.07, 6.45) is 0. The summed E-state index contributed by atoms with van der Waals surface area (Å²) in [4.78, 5) is 14.4. The fraction of sp³-hybridized carbons (Fsp3) is 0.400. The minimum atomic E-state index is 0.0969. The molecule has 1 aliphatic rings. The Morgan fingerprint density at radius 2 is 1.95 bits per heavy atom. The Labute approximate surface area is 112 Å². The molecule has 0 unspecified atom stereocenters. The van der Waals surface area contributed by atoms with Crippen LogP contribution in [0.15, 0.2) is 24.3 Å². The second-order valence-corrected chi connectivity index (χ2v) is 5.06. The van der Waals surface area contributed by atoms with Gasteiger partial charge in [-0.15, -0.1) is 0 Å². The smallest absolute Gasteiger partial charge is 0.270 e. The van der Waals surface area contributed by atoms with Crippen molar-refractivity contribution in [2.45, 2.75) is 6.92 Å². The molecule has 19 heavy (non-hydrogen) atoms. The molecule has 0 spiro atoms. The number of aryl methyl sites for hydroxylation is 2. The maximum Gasteiger partial charge on any atom is 0.270 e. The van der Waals surface area contributed by atoms with E-state index in [4.69, 9.17) is 4.74 Å². The second kappa shape index (κ2) is 4.70. The van der Waals surface area contributed by atoms with Gasteiger partial charge in [-0.2, -0.15) is 0 Å². The summed E-state index contributed by atoms with van der Waals surface area (Å²) in [6.45, 7) is 4.69. The zero-order valence-corrected chi connectivity index (χ0v) is 11.3. The number of hydrogen-bond acceptors (Lipinski definition) is 2. The highest BCUT2D eigenvalue weighted by molar-refractivity contribution is 5.98. The topological polar surface area (TPSA) is 34.5 Å². The van der Waals surface area contributed by atoms with Crippen molar-refractivity contribution in [3.05, 3.63) is 35.5 Å². The van der Waals surface area contributed by atoms with Gasteiger partial charge in [0.1, 0.15) is 5.69 Å². The largest absolute Gasteiger partial charge is 0.378 e. The molecule has 0 radical (unpaired) electrons. The minimum Gasteiger partial charge on any atom is -0.378 e. The summed E-state index contributed by atoms with van der Waals surface area (Å²) in [5, 5.41) is 1.12. The van der Waals surface area contributed by atoms with Crippen LogP contribution in [0.4, 0.5) is 0 Å². The van der Waals surface area contributed by atoms with Crippen LogP contribution in [0.5, 0.6) is 0 Å². The van der Waals surface area contributed by atoms with E-state index in [1.165, 1.54) is 5.56 Å². The number of amides is 1. The molecule has 1 aliphatic heterocycles. The molecule has 2 aromatic rings. The summed E-state index contributed by atoms with van der Waals surface area (Å²) >= 11 is 0. The number of ether oxygens (including phenoxy) is 1. The highest BCUT2D eigenvalue weighted by Gasteiger charge is 2.21. The monoisotopic (exact) mass is 258 g/mol. The lowest BCUT2D eigenvalue weighted by molar-refractivity contribution is 0.0297. The number of fused-ring (bicyclic) bond motifs is 1. The predicted molar refractivity (Wildman–Crippen MR) is 74.4 cm³/mol. The van der Waals surface area contributed by atoms with Crippen LogP contribution in [0.1, 0.15) is 16.1 Å². The Balaban J connectivity index is 2.00. The van der Waals surface area contributed by atoms with Crippen molar-refractivity contribution in [2.75, 3.05) is 26.3 Å². The lowest BCUT2D eigenvalue weighted by Crippen LogP contribution is -2.41. The van der Waals surface area contributed by atoms with E-state index in [1.807, 2.05) is 22.6 Å². The zero-order valence-electron chi connectivity index (χ0n) is 11.3. The molecule has 4 heteroatoms. The number of nitrogens with zero attached hydrogens (tertiary/aromatic N) is 2. The molecular weight excluding hydrogens is 240 g/mol. The summed E-state index contributed by atoms with van der Waals surface area (Å²) in [5.41, 5.74) is 3.07. The molecule has 0 aliphatic carbocycles. The summed E-state index contributed by atoms with van der Waals surface area (Å²) in [5.74, 6) is 0.0969. The van der Waals surface area contributed by atoms with Gasteiger partial charge in [-0.25, -0.2) is 0 Å². The number of morpholine rings is 1. The normalized spacial score (nSPS) is 16.0. The fourth-order valence-electron chi connectivity index (χ4n) is 2.57. The molecule has 1 fully saturated rings. The molecule has 0 atom stereocenters. The van der Waals surface area contributed by atoms with Crippen molar-refractivity contribution in [1.29, 1.82) is 0 Å². The summed E-state index contributed by atoms with van der Waals surface area (Å²) < 4.78 is 7.28. The van der Waals surface area contributed by atoms with E-state index >= 15 is 0 Å². The third-order valence-corrected chi connectivity index (χ3v) is 3.72. The van der Waals surface area contributed by atoms with Gasteiger partial charge in [0.25, 0.3) is 5.91 Å². The Hall–Kier alpha value is -1.81. The van der Waals surface area contributed by atoms with Gasteiger partial charge in [-0.1, -0.05) is 12.1 Å². The first kappa shape index (κ1) is 12.2. The molecule has 0 N–H and O–H groups in total. The molecule has 2 heterocycles. The van der Waals surface area contributed by atoms with Crippen molar-refractivity contribution in [1.82, 2.24) is 9.47 Å². The first-order valence-electron chi connectivity index (χ1n) is 6.60. The van der Waals surface area contributed by atoms with Crippen LogP contribution in [-0.4, -0.2) is 41.7 Å². The molecule has 100 valence electrons. The second-order valence-electron chi connectivity index (χ2n) is 5.06. The van der Waals surface area contributed by atoms with Gasteiger partial charge in [0.2, 0.25) is 0 Å². The Kier molecular flexibility index (Phi) is 3.03. The first-order valence-corrected chi connectivity index (χ1v) is 6.60. The van der Waals surface area contributed by atoms with Crippen LogP contribution in [-0.2, 0) is 11.8 Å². The number of hydrogen-bond donors (Lipinski definition) is 0. The number of rotatable bonds is 1. The number of aromatic nitrogens is 1. The van der Waals surface area contributed by atoms with E-state index in [0.717, 1.165) is 16.6 Å². The number of carbonyl (C=O) groups is 1. The van der Waals surface area contributed by atoms with Crippen LogP contribution in [0.25, 0.3) is 10.9 Å². The van der Waals surface area contributed by atoms with Gasteiger partial charge in [-0.3, -0.25) is 4.79 Å². The van der Waals surface area contributed by atoms with E-state index in [9.17, 15) is 4.79 Å². The van der Waals surface area contributed by atoms with Gasteiger partial charge in [0.05, 0.1) is 13.2 Å². The molecule has 0 bridgehead atoms. The SMILES string of the molecule is Cc1ccc2cc(C(=O)N3CCOCC3)n(C)c2c1. The molecule has 3 rings (SSSR count). The molecular formula is C15H18N2O2. The fourth-order valence-corrected chi connectivity index (χ4v) is 2.57. The quantitative estimate of drug-likeness (QED) is 0.783. The van der Waals surface area contributed by atoms with Crippen molar-refractivity contribution in [3.8, 4) is 0 Å². The number of benzene rings is 1. The lowest BCUT2D eigenvalue weighted by atomic mass is 10.2. The van der Waals surface area contributed by atoms with Crippen molar-refractivity contribution >= 4 is 16.8 Å². The zero-order chi connectivity index (χ0) is 13.4. The van der Waals surface area contributed by atoms with Crippen LogP contribution in [0.3, 0.4) is 0 Å². The number of carbonyl (C=O) groups excluding carboxylic acids is 1. The minimum absolute atomic E-state index is 0.0969. The van der Waals surface area contributed by atoms with E-state index in [0.29, 0.717) is 26.3 Å². The summed E-state index contributed by atoms with van der Waals surface area (Å²) in [7, 11) is 1.95. The van der Waals surface area contributed by atoms with Crippen LogP contribution in [0.2, 0.25) is 0 Å². The van der Waals surface area contributed by atoms with Crippen LogP contribution < -0.4 is 0 Å². The van der Waals surface area contributed by atoms with Gasteiger partial charge >= 0.3 is 0 Å². The molecule has 4 nitrogen and oxygen atoms in total. The maximum atomic E-state index is 12.5. The molecule has 1 amide bonds. The molecule has 0 saturated carbocycles. The molecule has 1 saturated heterocycles. The predicted octanol–water partition coefficient (Wildman–Crippen LogP) is 1.96. The molecule has 1 aromatic carbocycles. The standard InChI is InChI=1S/C15H18N2O2/c1-11-3-4-12-10-14(16(2)13(12)9-11)15(18)17-5-7-19-8-6-17/h3-4,9-10H,5-8H2,1-2H3. The van der Waals surface area contributed by atoms with E-state index in [-0.39, 0.29) is 5.91 Å². The van der Waals surface area contributed by atoms with Crippen LogP contribution in [0, 0.1) is 6.92 Å². The third kappa shape index (κ3) is 2.12. The maximum absolute atomic E-state index is 12.5. The van der Waals surface area contributed by atoms with E-state index in [1.54, 1.807) is 0 Å². The average molecular weight is 258 g/mol. The average Bonchev–Trinajstić information content (AvgIpc) is 2.76. The highest BCUT2D eigenvalue weighted by atomic mass is 16.5. The van der Waals surface area contributed by atoms with Gasteiger partial charge in [0, 0.05) is 31.0 Å². The van der Waals surface area contributed by atoms with E-state index < -0.39 is 0 Å². The summed E-state index contributed by atoms with van der Waals surface area (Å²) in [6, 6.07) is 8.24. The van der Waals surface area contributed by atoms with Gasteiger partial charge in [0.15, 0.2) is 0 Å². The van der Waals surface area contributed by atoms with Crippen molar-refractivity contribution < 1.29 is 9.53 Å². The lowest BCUT2D eigenvalue weighted by Gasteiger charge is -2.26. The molecule has 1 aromatic heterocycles. The van der Waals surface area contributed by atoms with Crippen LogP contribution >= 0.6 is 0 Å². The first-order chi connectivity index (χ1) is 9.16. The highest BCUT2D eigenvalue weighted by Crippen LogP contribution is 2.21. The third-order valence-electron chi connectivity index (χ3n) is 3.72. The van der Waals surface area contributed by atoms with Gasteiger partial charge in [-0.05, 0) is 24.6 Å². The Bertz CT molecular complexity index is 624. The van der Waals surface area contributed by atoms with E-state index in [2.05, 4.69) is 25.1 Å². The van der Waals surface area contributed by atoms with Gasteiger partial charge < -0.3 is 14.2 Å². The Morgan fingerprint density at radius 1 is 1.21 bits per heavy atom. The Morgan fingerprint density at radius 3 is 2.68 bits per heavy atom. The van der Waals surface area contributed by atoms with Crippen molar-refractivity contribution in [3.63, 3.8) is 0 Å².